The van der Waals surface area contributed by atoms with Crippen LogP contribution in [0, 0.1) is 6.92 Å². The summed E-state index contributed by atoms with van der Waals surface area (Å²) in [5, 5.41) is 3.17. The van der Waals surface area contributed by atoms with E-state index in [1.807, 2.05) is 19.1 Å². The predicted octanol–water partition coefficient (Wildman–Crippen LogP) is 3.22. The van der Waals surface area contributed by atoms with Crippen LogP contribution in [0.2, 0.25) is 0 Å². The minimum Gasteiger partial charge on any atom is -0.348 e. The highest BCUT2D eigenvalue weighted by atomic mass is 16.1. The van der Waals surface area contributed by atoms with Crippen molar-refractivity contribution in [2.24, 2.45) is 0 Å². The molecule has 1 N–H and O–H groups in total. The number of piperidine rings is 1. The third-order valence-electron chi connectivity index (χ3n) is 4.80. The zero-order valence-corrected chi connectivity index (χ0v) is 14.9. The lowest BCUT2D eigenvalue weighted by atomic mass is 10.0. The Bertz CT molecular complexity index is 669. The van der Waals surface area contributed by atoms with Gasteiger partial charge in [0.05, 0.1) is 5.56 Å². The number of aromatic nitrogens is 1. The van der Waals surface area contributed by atoms with Crippen LogP contribution in [0.15, 0.2) is 48.7 Å². The van der Waals surface area contributed by atoms with Crippen molar-refractivity contribution in [2.45, 2.75) is 38.6 Å². The summed E-state index contributed by atoms with van der Waals surface area (Å²) in [6, 6.07) is 14.6. The number of rotatable bonds is 6. The summed E-state index contributed by atoms with van der Waals surface area (Å²) >= 11 is 0. The SMILES string of the molecule is Cc1ccc(C(=O)N[C@@H]2CCCN(CCCc3ccccc3)C2)cn1. The summed E-state index contributed by atoms with van der Waals surface area (Å²) in [6.45, 7) is 5.09. The van der Waals surface area contributed by atoms with E-state index in [1.54, 1.807) is 6.20 Å². The first-order valence-corrected chi connectivity index (χ1v) is 9.20. The molecule has 1 fully saturated rings. The summed E-state index contributed by atoms with van der Waals surface area (Å²) in [5.41, 5.74) is 2.97. The van der Waals surface area contributed by atoms with Crippen molar-refractivity contribution in [3.8, 4) is 0 Å². The van der Waals surface area contributed by atoms with E-state index in [1.165, 1.54) is 5.56 Å². The highest BCUT2D eigenvalue weighted by Crippen LogP contribution is 2.12. The molecule has 0 bridgehead atoms. The number of pyridine rings is 1. The number of hydrogen-bond acceptors (Lipinski definition) is 3. The minimum atomic E-state index is -0.0105. The van der Waals surface area contributed by atoms with Crippen LogP contribution in [0.4, 0.5) is 0 Å². The van der Waals surface area contributed by atoms with Gasteiger partial charge in [0.2, 0.25) is 0 Å². The minimum absolute atomic E-state index is 0.0105. The van der Waals surface area contributed by atoms with Gasteiger partial charge in [0.1, 0.15) is 0 Å². The molecule has 1 amide bonds. The van der Waals surface area contributed by atoms with Gasteiger partial charge in [0, 0.05) is 24.5 Å². The molecule has 1 aromatic heterocycles. The number of hydrogen-bond donors (Lipinski definition) is 1. The molecule has 0 saturated carbocycles. The fourth-order valence-corrected chi connectivity index (χ4v) is 3.40. The standard InChI is InChI=1S/C21H27N3O/c1-17-11-12-19(15-22-17)21(25)23-20-10-6-14-24(16-20)13-5-9-18-7-3-2-4-8-18/h2-4,7-8,11-12,15,20H,5-6,9-10,13-14,16H2,1H3,(H,23,25)/t20-/m1/s1. The zero-order valence-electron chi connectivity index (χ0n) is 14.9. The van der Waals surface area contributed by atoms with Crippen molar-refractivity contribution in [3.05, 3.63) is 65.5 Å². The van der Waals surface area contributed by atoms with Crippen molar-refractivity contribution >= 4 is 5.91 Å². The number of aryl methyl sites for hydroxylation is 2. The number of carbonyl (C=O) groups excluding carboxylic acids is 1. The van der Waals surface area contributed by atoms with Crippen molar-refractivity contribution in [1.82, 2.24) is 15.2 Å². The molecule has 1 atom stereocenters. The second kappa shape index (κ2) is 8.77. The largest absolute Gasteiger partial charge is 0.348 e. The van der Waals surface area contributed by atoms with Gasteiger partial charge in [0.25, 0.3) is 5.91 Å². The molecule has 4 nitrogen and oxygen atoms in total. The third kappa shape index (κ3) is 5.40. The summed E-state index contributed by atoms with van der Waals surface area (Å²) in [7, 11) is 0. The topological polar surface area (TPSA) is 45.2 Å². The molecule has 1 saturated heterocycles. The monoisotopic (exact) mass is 337 g/mol. The molecule has 0 unspecified atom stereocenters. The molecule has 25 heavy (non-hydrogen) atoms. The van der Waals surface area contributed by atoms with Crippen LogP contribution in [0.3, 0.4) is 0 Å². The number of likely N-dealkylation sites (tertiary alicyclic amines) is 1. The Labute approximate surface area is 150 Å². The maximum atomic E-state index is 12.4. The average molecular weight is 337 g/mol. The first kappa shape index (κ1) is 17.6. The highest BCUT2D eigenvalue weighted by molar-refractivity contribution is 5.94. The van der Waals surface area contributed by atoms with Gasteiger partial charge in [-0.1, -0.05) is 30.3 Å². The van der Waals surface area contributed by atoms with E-state index in [0.717, 1.165) is 51.0 Å². The van der Waals surface area contributed by atoms with Crippen LogP contribution < -0.4 is 5.32 Å². The molecule has 2 heterocycles. The fraction of sp³-hybridized carbons (Fsp3) is 0.429. The van der Waals surface area contributed by atoms with E-state index >= 15 is 0 Å². The number of benzene rings is 1. The Morgan fingerprint density at radius 2 is 2.08 bits per heavy atom. The van der Waals surface area contributed by atoms with Gasteiger partial charge in [0.15, 0.2) is 0 Å². The van der Waals surface area contributed by atoms with Crippen LogP contribution in [-0.4, -0.2) is 41.5 Å². The quantitative estimate of drug-likeness (QED) is 0.880. The van der Waals surface area contributed by atoms with Gasteiger partial charge >= 0.3 is 0 Å². The number of amides is 1. The van der Waals surface area contributed by atoms with E-state index in [0.29, 0.717) is 5.56 Å². The molecule has 132 valence electrons. The summed E-state index contributed by atoms with van der Waals surface area (Å²) in [4.78, 5) is 19.0. The second-order valence-electron chi connectivity index (χ2n) is 6.89. The highest BCUT2D eigenvalue weighted by Gasteiger charge is 2.21. The number of nitrogens with one attached hydrogen (secondary N) is 1. The Kier molecular flexibility index (Phi) is 6.18. The normalized spacial score (nSPS) is 18.0. The van der Waals surface area contributed by atoms with Crippen LogP contribution in [0.25, 0.3) is 0 Å². The first-order chi connectivity index (χ1) is 12.2. The Morgan fingerprint density at radius 3 is 2.84 bits per heavy atom. The van der Waals surface area contributed by atoms with E-state index in [4.69, 9.17) is 0 Å². The average Bonchev–Trinajstić information content (AvgIpc) is 2.63. The molecule has 1 aliphatic rings. The summed E-state index contributed by atoms with van der Waals surface area (Å²) in [6.07, 6.45) is 6.13. The van der Waals surface area contributed by atoms with Gasteiger partial charge < -0.3 is 10.2 Å². The Balaban J connectivity index is 1.44. The summed E-state index contributed by atoms with van der Waals surface area (Å²) < 4.78 is 0. The van der Waals surface area contributed by atoms with Gasteiger partial charge in [-0.2, -0.15) is 0 Å². The molecular weight excluding hydrogens is 310 g/mol. The maximum Gasteiger partial charge on any atom is 0.253 e. The molecule has 0 spiro atoms. The lowest BCUT2D eigenvalue weighted by Gasteiger charge is -2.33. The van der Waals surface area contributed by atoms with Gasteiger partial charge in [-0.3, -0.25) is 9.78 Å². The lowest BCUT2D eigenvalue weighted by Crippen LogP contribution is -2.48. The third-order valence-corrected chi connectivity index (χ3v) is 4.80. The van der Waals surface area contributed by atoms with E-state index in [2.05, 4.69) is 45.5 Å². The smallest absolute Gasteiger partial charge is 0.253 e. The summed E-state index contributed by atoms with van der Waals surface area (Å²) in [5.74, 6) is -0.0105. The van der Waals surface area contributed by atoms with Crippen LogP contribution in [-0.2, 0) is 6.42 Å². The van der Waals surface area contributed by atoms with E-state index < -0.39 is 0 Å². The van der Waals surface area contributed by atoms with Crippen molar-refractivity contribution in [3.63, 3.8) is 0 Å². The fourth-order valence-electron chi connectivity index (χ4n) is 3.40. The van der Waals surface area contributed by atoms with Crippen molar-refractivity contribution < 1.29 is 4.79 Å². The van der Waals surface area contributed by atoms with Crippen molar-refractivity contribution in [1.29, 1.82) is 0 Å². The van der Waals surface area contributed by atoms with Crippen molar-refractivity contribution in [2.75, 3.05) is 19.6 Å². The molecule has 1 aromatic carbocycles. The predicted molar refractivity (Wildman–Crippen MR) is 101 cm³/mol. The maximum absolute atomic E-state index is 12.4. The van der Waals surface area contributed by atoms with E-state index in [-0.39, 0.29) is 11.9 Å². The van der Waals surface area contributed by atoms with Gasteiger partial charge in [-0.05, 0) is 63.4 Å². The molecule has 4 heteroatoms. The lowest BCUT2D eigenvalue weighted by molar-refractivity contribution is 0.0903. The molecular formula is C21H27N3O. The molecule has 3 rings (SSSR count). The van der Waals surface area contributed by atoms with Crippen LogP contribution in [0.5, 0.6) is 0 Å². The molecule has 0 radical (unpaired) electrons. The van der Waals surface area contributed by atoms with E-state index in [9.17, 15) is 4.79 Å². The van der Waals surface area contributed by atoms with Crippen LogP contribution in [0.1, 0.15) is 40.9 Å². The van der Waals surface area contributed by atoms with Gasteiger partial charge in [-0.15, -0.1) is 0 Å². The number of carbonyl (C=O) groups is 1. The van der Waals surface area contributed by atoms with Crippen LogP contribution >= 0.6 is 0 Å². The van der Waals surface area contributed by atoms with Gasteiger partial charge in [-0.25, -0.2) is 0 Å². The number of nitrogens with zero attached hydrogens (tertiary/aromatic N) is 2. The second-order valence-corrected chi connectivity index (χ2v) is 6.89. The Hall–Kier alpha value is -2.20. The molecule has 0 aliphatic carbocycles. The Morgan fingerprint density at radius 1 is 1.24 bits per heavy atom. The first-order valence-electron chi connectivity index (χ1n) is 9.20. The molecule has 2 aromatic rings. The zero-order chi connectivity index (χ0) is 17.5. The molecule has 1 aliphatic heterocycles.